The second-order valence-corrected chi connectivity index (χ2v) is 5.14. The SMILES string of the molecule is CCC1=NOC(CN2CCC(COC)CC2)C1. The average molecular weight is 240 g/mol. The molecule has 0 spiro atoms. The molecule has 1 unspecified atom stereocenters. The van der Waals surface area contributed by atoms with Gasteiger partial charge in [0.2, 0.25) is 0 Å². The normalized spacial score (nSPS) is 26.9. The van der Waals surface area contributed by atoms with E-state index in [1.807, 2.05) is 0 Å². The molecule has 0 aromatic rings. The van der Waals surface area contributed by atoms with Crippen LogP contribution in [0.3, 0.4) is 0 Å². The van der Waals surface area contributed by atoms with Crippen molar-refractivity contribution >= 4 is 5.71 Å². The van der Waals surface area contributed by atoms with Crippen LogP contribution in [0.1, 0.15) is 32.6 Å². The van der Waals surface area contributed by atoms with Gasteiger partial charge in [-0.05, 0) is 38.3 Å². The van der Waals surface area contributed by atoms with Crippen LogP contribution in [-0.4, -0.2) is 50.1 Å². The largest absolute Gasteiger partial charge is 0.391 e. The van der Waals surface area contributed by atoms with E-state index in [4.69, 9.17) is 9.57 Å². The first-order valence-electron chi connectivity index (χ1n) is 6.74. The first-order chi connectivity index (χ1) is 8.31. The number of oxime groups is 1. The molecule has 0 saturated carbocycles. The van der Waals surface area contributed by atoms with E-state index in [9.17, 15) is 0 Å². The van der Waals surface area contributed by atoms with E-state index in [0.717, 1.165) is 31.9 Å². The van der Waals surface area contributed by atoms with Gasteiger partial charge in [-0.1, -0.05) is 12.1 Å². The summed E-state index contributed by atoms with van der Waals surface area (Å²) in [4.78, 5) is 7.96. The molecule has 1 saturated heterocycles. The van der Waals surface area contributed by atoms with Crippen molar-refractivity contribution in [1.82, 2.24) is 4.90 Å². The van der Waals surface area contributed by atoms with Gasteiger partial charge in [0.25, 0.3) is 0 Å². The van der Waals surface area contributed by atoms with Crippen LogP contribution in [-0.2, 0) is 9.57 Å². The number of likely N-dealkylation sites (tertiary alicyclic amines) is 1. The number of ether oxygens (including phenoxy) is 1. The summed E-state index contributed by atoms with van der Waals surface area (Å²) < 4.78 is 5.22. The molecule has 0 amide bonds. The Bertz CT molecular complexity index is 260. The minimum Gasteiger partial charge on any atom is -0.391 e. The van der Waals surface area contributed by atoms with Crippen LogP contribution >= 0.6 is 0 Å². The molecule has 4 nitrogen and oxygen atoms in total. The summed E-state index contributed by atoms with van der Waals surface area (Å²) in [5.41, 5.74) is 1.21. The zero-order valence-electron chi connectivity index (χ0n) is 11.0. The topological polar surface area (TPSA) is 34.1 Å². The van der Waals surface area contributed by atoms with E-state index in [0.29, 0.717) is 6.10 Å². The van der Waals surface area contributed by atoms with Crippen molar-refractivity contribution in [2.24, 2.45) is 11.1 Å². The van der Waals surface area contributed by atoms with Crippen LogP contribution in [0.5, 0.6) is 0 Å². The third kappa shape index (κ3) is 3.68. The lowest BCUT2D eigenvalue weighted by atomic mass is 9.97. The Kier molecular flexibility index (Phi) is 4.80. The lowest BCUT2D eigenvalue weighted by Crippen LogP contribution is -2.39. The smallest absolute Gasteiger partial charge is 0.145 e. The molecular weight excluding hydrogens is 216 g/mol. The quantitative estimate of drug-likeness (QED) is 0.736. The zero-order chi connectivity index (χ0) is 12.1. The minimum atomic E-state index is 0.295. The molecule has 0 radical (unpaired) electrons. The van der Waals surface area contributed by atoms with E-state index < -0.39 is 0 Å². The Morgan fingerprint density at radius 1 is 1.41 bits per heavy atom. The van der Waals surface area contributed by atoms with Crippen molar-refractivity contribution in [3.8, 4) is 0 Å². The molecule has 1 fully saturated rings. The van der Waals surface area contributed by atoms with E-state index in [2.05, 4.69) is 17.0 Å². The number of hydrogen-bond acceptors (Lipinski definition) is 4. The van der Waals surface area contributed by atoms with Crippen molar-refractivity contribution in [2.75, 3.05) is 33.4 Å². The summed E-state index contributed by atoms with van der Waals surface area (Å²) >= 11 is 0. The molecule has 4 heteroatoms. The van der Waals surface area contributed by atoms with E-state index in [-0.39, 0.29) is 0 Å². The van der Waals surface area contributed by atoms with Gasteiger partial charge in [-0.2, -0.15) is 0 Å². The fraction of sp³-hybridized carbons (Fsp3) is 0.923. The molecule has 17 heavy (non-hydrogen) atoms. The highest BCUT2D eigenvalue weighted by Crippen LogP contribution is 2.20. The Balaban J connectivity index is 1.65. The Morgan fingerprint density at radius 2 is 2.18 bits per heavy atom. The Morgan fingerprint density at radius 3 is 2.76 bits per heavy atom. The van der Waals surface area contributed by atoms with Crippen molar-refractivity contribution in [2.45, 2.75) is 38.7 Å². The van der Waals surface area contributed by atoms with Gasteiger partial charge in [0.05, 0.1) is 5.71 Å². The fourth-order valence-corrected chi connectivity index (χ4v) is 2.65. The number of methoxy groups -OCH3 is 1. The highest BCUT2D eigenvalue weighted by Gasteiger charge is 2.25. The van der Waals surface area contributed by atoms with Gasteiger partial charge < -0.3 is 9.57 Å². The summed E-state index contributed by atoms with van der Waals surface area (Å²) in [5, 5.41) is 4.12. The molecule has 0 aromatic carbocycles. The van der Waals surface area contributed by atoms with Crippen LogP contribution < -0.4 is 0 Å². The fourth-order valence-electron chi connectivity index (χ4n) is 2.65. The second-order valence-electron chi connectivity index (χ2n) is 5.14. The first-order valence-corrected chi connectivity index (χ1v) is 6.74. The highest BCUT2D eigenvalue weighted by molar-refractivity contribution is 5.85. The van der Waals surface area contributed by atoms with Gasteiger partial charge in [-0.15, -0.1) is 0 Å². The predicted octanol–water partition coefficient (Wildman–Crippen LogP) is 1.90. The number of nitrogens with zero attached hydrogens (tertiary/aromatic N) is 2. The molecular formula is C13H24N2O2. The predicted molar refractivity (Wildman–Crippen MR) is 68.3 cm³/mol. The van der Waals surface area contributed by atoms with E-state index >= 15 is 0 Å². The van der Waals surface area contributed by atoms with Crippen LogP contribution in [0.2, 0.25) is 0 Å². The number of piperidine rings is 1. The zero-order valence-corrected chi connectivity index (χ0v) is 11.0. The summed E-state index contributed by atoms with van der Waals surface area (Å²) in [7, 11) is 1.79. The van der Waals surface area contributed by atoms with Crippen molar-refractivity contribution in [1.29, 1.82) is 0 Å². The molecule has 2 heterocycles. The number of rotatable bonds is 5. The lowest BCUT2D eigenvalue weighted by Gasteiger charge is -2.32. The Hall–Kier alpha value is -0.610. The maximum atomic E-state index is 5.46. The Labute approximate surface area is 104 Å². The second kappa shape index (κ2) is 6.36. The molecule has 98 valence electrons. The molecule has 2 aliphatic heterocycles. The molecule has 0 aliphatic carbocycles. The third-order valence-corrected chi connectivity index (χ3v) is 3.77. The van der Waals surface area contributed by atoms with E-state index in [1.165, 1.54) is 31.6 Å². The van der Waals surface area contributed by atoms with Crippen molar-refractivity contribution in [3.63, 3.8) is 0 Å². The monoisotopic (exact) mass is 240 g/mol. The van der Waals surface area contributed by atoms with Gasteiger partial charge in [-0.25, -0.2) is 0 Å². The van der Waals surface area contributed by atoms with Crippen LogP contribution in [0.15, 0.2) is 5.16 Å². The number of hydrogen-bond donors (Lipinski definition) is 0. The summed E-state index contributed by atoms with van der Waals surface area (Å²) in [6, 6.07) is 0. The van der Waals surface area contributed by atoms with Gasteiger partial charge >= 0.3 is 0 Å². The van der Waals surface area contributed by atoms with Gasteiger partial charge in [0, 0.05) is 26.7 Å². The molecule has 1 atom stereocenters. The van der Waals surface area contributed by atoms with Gasteiger partial charge in [-0.3, -0.25) is 4.90 Å². The van der Waals surface area contributed by atoms with Crippen molar-refractivity contribution in [3.05, 3.63) is 0 Å². The summed E-state index contributed by atoms with van der Waals surface area (Å²) in [6.07, 6.45) is 4.84. The highest BCUT2D eigenvalue weighted by atomic mass is 16.6. The molecule has 0 bridgehead atoms. The summed E-state index contributed by atoms with van der Waals surface area (Å²) in [6.45, 7) is 6.44. The average Bonchev–Trinajstić information content (AvgIpc) is 2.80. The van der Waals surface area contributed by atoms with Gasteiger partial charge in [0.1, 0.15) is 6.10 Å². The molecule has 0 N–H and O–H groups in total. The maximum absolute atomic E-state index is 5.46. The molecule has 0 aromatic heterocycles. The lowest BCUT2D eigenvalue weighted by molar-refractivity contribution is 0.0339. The third-order valence-electron chi connectivity index (χ3n) is 3.77. The maximum Gasteiger partial charge on any atom is 0.145 e. The summed E-state index contributed by atoms with van der Waals surface area (Å²) in [5.74, 6) is 0.753. The molecule has 2 aliphatic rings. The van der Waals surface area contributed by atoms with Gasteiger partial charge in [0.15, 0.2) is 0 Å². The van der Waals surface area contributed by atoms with E-state index in [1.54, 1.807) is 7.11 Å². The minimum absolute atomic E-state index is 0.295. The standard InChI is InChI=1S/C13H24N2O2/c1-3-12-8-13(17-14-12)9-15-6-4-11(5-7-15)10-16-2/h11,13H,3-10H2,1-2H3. The first kappa shape index (κ1) is 12.8. The van der Waals surface area contributed by atoms with Crippen LogP contribution in [0.4, 0.5) is 0 Å². The van der Waals surface area contributed by atoms with Crippen molar-refractivity contribution < 1.29 is 9.57 Å². The van der Waals surface area contributed by atoms with Crippen LogP contribution in [0, 0.1) is 5.92 Å². The molecule has 2 rings (SSSR count). The van der Waals surface area contributed by atoms with Crippen LogP contribution in [0.25, 0.3) is 0 Å².